The van der Waals surface area contributed by atoms with Crippen LogP contribution in [0.15, 0.2) is 24.3 Å². The van der Waals surface area contributed by atoms with Crippen LogP contribution in [-0.4, -0.2) is 145 Å². The van der Waals surface area contributed by atoms with Gasteiger partial charge in [0, 0.05) is 111 Å². The summed E-state index contributed by atoms with van der Waals surface area (Å²) in [6, 6.07) is 6.67. The number of carbonyl (C=O) groups excluding carboxylic acids is 4. The normalized spacial score (nSPS) is 22.9. The van der Waals surface area contributed by atoms with Crippen molar-refractivity contribution in [2.75, 3.05) is 79.5 Å². The molecule has 0 aromatic heterocycles. The van der Waals surface area contributed by atoms with Gasteiger partial charge >= 0.3 is 0 Å². The van der Waals surface area contributed by atoms with Crippen LogP contribution in [0.5, 0.6) is 0 Å². The molecule has 0 aliphatic carbocycles. The van der Waals surface area contributed by atoms with Crippen LogP contribution in [-0.2, 0) is 0 Å². The van der Waals surface area contributed by atoms with E-state index in [-0.39, 0.29) is 35.7 Å². The number of nitrogens with zero attached hydrogens (tertiary/aromatic N) is 6. The van der Waals surface area contributed by atoms with Crippen LogP contribution in [0.4, 0.5) is 0 Å². The van der Waals surface area contributed by atoms with Gasteiger partial charge in [-0.1, -0.05) is 0 Å². The lowest BCUT2D eigenvalue weighted by molar-refractivity contribution is 0.0496. The van der Waals surface area contributed by atoms with Crippen LogP contribution in [0, 0.1) is 0 Å². The van der Waals surface area contributed by atoms with E-state index in [0.717, 1.165) is 52.4 Å². The molecule has 2 unspecified atom stereocenters. The third-order valence-electron chi connectivity index (χ3n) is 9.28. The summed E-state index contributed by atoms with van der Waals surface area (Å²) in [7, 11) is 4.19. The summed E-state index contributed by atoms with van der Waals surface area (Å²) in [5.74, 6) is -1.47. The maximum Gasteiger partial charge on any atom is 0.261 e. The van der Waals surface area contributed by atoms with Crippen LogP contribution in [0.1, 0.15) is 55.3 Å². The minimum atomic E-state index is -0.367. The largest absolute Gasteiger partial charge is 0.304 e. The SMILES string of the molecule is CC(CN1C(=O)c2ccc3c4c(ccc(c24)C1=O)C(=O)N(CC(C)N1CCN(C)CC1)C3=O)N1CCN(C)CC1. The first-order chi connectivity index (χ1) is 19.2. The van der Waals surface area contributed by atoms with Gasteiger partial charge in [-0.05, 0) is 52.2 Å². The van der Waals surface area contributed by atoms with Crippen molar-refractivity contribution in [2.24, 2.45) is 0 Å². The van der Waals surface area contributed by atoms with E-state index in [1.165, 1.54) is 9.80 Å². The molecule has 10 heteroatoms. The second-order valence-electron chi connectivity index (χ2n) is 11.9. The van der Waals surface area contributed by atoms with E-state index in [2.05, 4.69) is 47.5 Å². The number of hydrogen-bond acceptors (Lipinski definition) is 8. The van der Waals surface area contributed by atoms with Crippen molar-refractivity contribution in [1.29, 1.82) is 0 Å². The molecule has 0 spiro atoms. The molecule has 4 heterocycles. The number of piperazine rings is 2. The summed E-state index contributed by atoms with van der Waals surface area (Å²) < 4.78 is 0. The van der Waals surface area contributed by atoms with Gasteiger partial charge in [-0.15, -0.1) is 0 Å². The summed E-state index contributed by atoms with van der Waals surface area (Å²) in [6.45, 7) is 12.1. The Morgan fingerprint density at radius 3 is 1.07 bits per heavy atom. The molecule has 2 aromatic rings. The van der Waals surface area contributed by atoms with Crippen molar-refractivity contribution < 1.29 is 19.2 Å². The predicted octanol–water partition coefficient (Wildman–Crippen LogP) is 1.30. The highest BCUT2D eigenvalue weighted by molar-refractivity contribution is 6.33. The van der Waals surface area contributed by atoms with E-state index in [0.29, 0.717) is 46.1 Å². The molecule has 0 saturated carbocycles. The van der Waals surface area contributed by atoms with Gasteiger partial charge in [-0.25, -0.2) is 0 Å². The second kappa shape index (κ2) is 10.3. The lowest BCUT2D eigenvalue weighted by atomic mass is 9.85. The first-order valence-electron chi connectivity index (χ1n) is 14.3. The zero-order valence-corrected chi connectivity index (χ0v) is 23.9. The first kappa shape index (κ1) is 27.0. The second-order valence-corrected chi connectivity index (χ2v) is 11.9. The van der Waals surface area contributed by atoms with Crippen molar-refractivity contribution in [1.82, 2.24) is 29.4 Å². The molecule has 212 valence electrons. The zero-order chi connectivity index (χ0) is 28.3. The summed E-state index contributed by atoms with van der Waals surface area (Å²) in [5, 5.41) is 0.865. The lowest BCUT2D eigenvalue weighted by Gasteiger charge is -2.39. The molecule has 0 bridgehead atoms. The Kier molecular flexibility index (Phi) is 6.98. The number of carbonyl (C=O) groups is 4. The van der Waals surface area contributed by atoms with E-state index in [1.54, 1.807) is 24.3 Å². The molecule has 2 aromatic carbocycles. The Labute approximate surface area is 235 Å². The van der Waals surface area contributed by atoms with Gasteiger partial charge < -0.3 is 9.80 Å². The lowest BCUT2D eigenvalue weighted by Crippen LogP contribution is -2.54. The maximum absolute atomic E-state index is 13.7. The molecule has 2 fully saturated rings. The Morgan fingerprint density at radius 2 is 0.800 bits per heavy atom. The molecule has 4 aliphatic heterocycles. The fourth-order valence-corrected chi connectivity index (χ4v) is 6.59. The van der Waals surface area contributed by atoms with Crippen LogP contribution < -0.4 is 0 Å². The van der Waals surface area contributed by atoms with Gasteiger partial charge in [0.1, 0.15) is 0 Å². The van der Waals surface area contributed by atoms with Crippen LogP contribution in [0.3, 0.4) is 0 Å². The van der Waals surface area contributed by atoms with E-state index >= 15 is 0 Å². The molecule has 0 N–H and O–H groups in total. The molecule has 10 nitrogen and oxygen atoms in total. The molecule has 40 heavy (non-hydrogen) atoms. The number of imide groups is 2. The van der Waals surface area contributed by atoms with Gasteiger partial charge in [-0.2, -0.15) is 0 Å². The number of rotatable bonds is 6. The van der Waals surface area contributed by atoms with Gasteiger partial charge in [0.25, 0.3) is 23.6 Å². The summed E-state index contributed by atoms with van der Waals surface area (Å²) in [6.07, 6.45) is 0. The van der Waals surface area contributed by atoms with Crippen LogP contribution in [0.25, 0.3) is 10.8 Å². The Bertz CT molecular complexity index is 1220. The average molecular weight is 547 g/mol. The third-order valence-corrected chi connectivity index (χ3v) is 9.28. The quantitative estimate of drug-likeness (QED) is 0.502. The highest BCUT2D eigenvalue weighted by Gasteiger charge is 2.41. The molecule has 6 rings (SSSR count). The summed E-state index contributed by atoms with van der Waals surface area (Å²) in [5.41, 5.74) is 1.50. The average Bonchev–Trinajstić information content (AvgIpc) is 2.95. The van der Waals surface area contributed by atoms with Crippen LogP contribution >= 0.6 is 0 Å². The van der Waals surface area contributed by atoms with E-state index in [4.69, 9.17) is 0 Å². The summed E-state index contributed by atoms with van der Waals surface area (Å²) in [4.78, 5) is 66.5. The fraction of sp³-hybridized carbons (Fsp3) is 0.533. The molecule has 2 saturated heterocycles. The molecule has 4 amide bonds. The zero-order valence-electron chi connectivity index (χ0n) is 23.9. The van der Waals surface area contributed by atoms with Crippen molar-refractivity contribution in [3.8, 4) is 0 Å². The minimum Gasteiger partial charge on any atom is -0.304 e. The van der Waals surface area contributed by atoms with Crippen molar-refractivity contribution in [3.63, 3.8) is 0 Å². The van der Waals surface area contributed by atoms with Crippen molar-refractivity contribution in [2.45, 2.75) is 25.9 Å². The Hall–Kier alpha value is -3.18. The topological polar surface area (TPSA) is 87.7 Å². The predicted molar refractivity (Wildman–Crippen MR) is 152 cm³/mol. The van der Waals surface area contributed by atoms with E-state index < -0.39 is 0 Å². The highest BCUT2D eigenvalue weighted by Crippen LogP contribution is 2.38. The minimum absolute atomic E-state index is 0.0232. The van der Waals surface area contributed by atoms with Gasteiger partial charge in [0.05, 0.1) is 0 Å². The molecule has 0 radical (unpaired) electrons. The van der Waals surface area contributed by atoms with E-state index in [1.807, 2.05) is 0 Å². The Balaban J connectivity index is 1.28. The first-order valence-corrected chi connectivity index (χ1v) is 14.3. The number of hydrogen-bond donors (Lipinski definition) is 0. The number of amides is 4. The number of likely N-dealkylation sites (N-methyl/N-ethyl adjacent to an activating group) is 2. The Morgan fingerprint density at radius 1 is 0.525 bits per heavy atom. The van der Waals surface area contributed by atoms with Gasteiger partial charge in [0.15, 0.2) is 0 Å². The van der Waals surface area contributed by atoms with Crippen molar-refractivity contribution >= 4 is 34.4 Å². The molecular formula is C30H38N6O4. The smallest absolute Gasteiger partial charge is 0.261 e. The van der Waals surface area contributed by atoms with Crippen LogP contribution in [0.2, 0.25) is 0 Å². The fourth-order valence-electron chi connectivity index (χ4n) is 6.59. The molecule has 2 atom stereocenters. The molecular weight excluding hydrogens is 508 g/mol. The summed E-state index contributed by atoms with van der Waals surface area (Å²) >= 11 is 0. The highest BCUT2D eigenvalue weighted by atomic mass is 16.2. The van der Waals surface area contributed by atoms with Gasteiger partial charge in [-0.3, -0.25) is 38.8 Å². The molecule has 4 aliphatic rings. The third kappa shape index (κ3) is 4.43. The maximum atomic E-state index is 13.7. The standard InChI is InChI=1S/C30H38N6O4/c1-19(33-13-9-31(3)10-14-33)17-35-27(37)21-5-7-23-26-24(8-6-22(25(21)26)28(35)38)30(40)36(29(23)39)18-20(2)34-15-11-32(4)12-16-34/h5-8,19-20H,9-18H2,1-4H3. The van der Waals surface area contributed by atoms with Gasteiger partial charge in [0.2, 0.25) is 0 Å². The monoisotopic (exact) mass is 546 g/mol. The van der Waals surface area contributed by atoms with E-state index in [9.17, 15) is 19.2 Å². The number of benzene rings is 2. The van der Waals surface area contributed by atoms with Crippen molar-refractivity contribution in [3.05, 3.63) is 46.5 Å².